The van der Waals surface area contributed by atoms with Gasteiger partial charge in [0.1, 0.15) is 5.75 Å². The third kappa shape index (κ3) is 3.96. The van der Waals surface area contributed by atoms with Crippen molar-refractivity contribution in [3.63, 3.8) is 0 Å². The SMILES string of the molecule is COc1ccc(C2OCC(CCC34CCC(c5ccccc53)c3ccccc34)(CN(C)C)CO2)cc1. The lowest BCUT2D eigenvalue weighted by molar-refractivity contribution is -0.239. The van der Waals surface area contributed by atoms with Gasteiger partial charge in [-0.05, 0) is 74.2 Å². The summed E-state index contributed by atoms with van der Waals surface area (Å²) in [5, 5.41) is 0. The molecule has 1 saturated heterocycles. The minimum absolute atomic E-state index is 0.0423. The van der Waals surface area contributed by atoms with Crippen molar-refractivity contribution in [3.8, 4) is 5.75 Å². The molecule has 4 heteroatoms. The zero-order chi connectivity index (χ0) is 24.8. The average Bonchev–Trinajstić information content (AvgIpc) is 2.93. The zero-order valence-electron chi connectivity index (χ0n) is 21.7. The molecule has 4 aliphatic rings. The molecule has 0 unspecified atom stereocenters. The number of methoxy groups -OCH3 is 1. The molecule has 1 heterocycles. The Kier molecular flexibility index (Phi) is 6.15. The summed E-state index contributed by atoms with van der Waals surface area (Å²) >= 11 is 0. The van der Waals surface area contributed by atoms with E-state index in [0.717, 1.165) is 30.7 Å². The van der Waals surface area contributed by atoms with E-state index < -0.39 is 0 Å². The molecule has 2 bridgehead atoms. The second-order valence-electron chi connectivity index (χ2n) is 11.3. The predicted octanol–water partition coefficient (Wildman–Crippen LogP) is 6.29. The first kappa shape index (κ1) is 23.7. The van der Waals surface area contributed by atoms with E-state index in [1.165, 1.54) is 12.8 Å². The molecule has 0 aromatic heterocycles. The summed E-state index contributed by atoms with van der Waals surface area (Å²) in [5.74, 6) is 1.39. The molecule has 0 amide bonds. The highest BCUT2D eigenvalue weighted by atomic mass is 16.7. The third-order valence-electron chi connectivity index (χ3n) is 8.77. The number of hydrogen-bond acceptors (Lipinski definition) is 4. The van der Waals surface area contributed by atoms with Crippen LogP contribution in [0.1, 0.15) is 65.7 Å². The average molecular weight is 484 g/mol. The highest BCUT2D eigenvalue weighted by Crippen LogP contribution is 2.58. The quantitative estimate of drug-likeness (QED) is 0.395. The number of benzene rings is 3. The molecule has 0 spiro atoms. The zero-order valence-corrected chi connectivity index (χ0v) is 21.7. The Hall–Kier alpha value is -2.66. The predicted molar refractivity (Wildman–Crippen MR) is 143 cm³/mol. The molecule has 3 aromatic carbocycles. The first-order chi connectivity index (χ1) is 17.5. The Labute approximate surface area is 215 Å². The van der Waals surface area contributed by atoms with Gasteiger partial charge in [-0.2, -0.15) is 0 Å². The van der Waals surface area contributed by atoms with Gasteiger partial charge in [0.15, 0.2) is 6.29 Å². The van der Waals surface area contributed by atoms with E-state index in [-0.39, 0.29) is 17.1 Å². The Morgan fingerprint density at radius 1 is 0.833 bits per heavy atom. The van der Waals surface area contributed by atoms with Crippen LogP contribution >= 0.6 is 0 Å². The number of fused-ring (bicyclic) bond motifs is 1. The maximum Gasteiger partial charge on any atom is 0.183 e. The van der Waals surface area contributed by atoms with Crippen molar-refractivity contribution in [2.75, 3.05) is 41.0 Å². The lowest BCUT2D eigenvalue weighted by Crippen LogP contribution is -2.48. The smallest absolute Gasteiger partial charge is 0.183 e. The van der Waals surface area contributed by atoms with Gasteiger partial charge in [-0.3, -0.25) is 0 Å². The van der Waals surface area contributed by atoms with Crippen LogP contribution in [0, 0.1) is 5.41 Å². The summed E-state index contributed by atoms with van der Waals surface area (Å²) in [6.07, 6.45) is 4.31. The summed E-state index contributed by atoms with van der Waals surface area (Å²) in [6, 6.07) is 26.4. The summed E-state index contributed by atoms with van der Waals surface area (Å²) in [4.78, 5) is 2.29. The van der Waals surface area contributed by atoms with Gasteiger partial charge in [-0.25, -0.2) is 0 Å². The molecule has 0 saturated carbocycles. The van der Waals surface area contributed by atoms with Crippen LogP contribution in [-0.4, -0.2) is 45.9 Å². The Morgan fingerprint density at radius 3 is 2.03 bits per heavy atom. The lowest BCUT2D eigenvalue weighted by atomic mass is 9.53. The standard InChI is InChI=1S/C32H37NO3/c1-33(2)20-31(21-35-30(36-22-31)23-12-14-24(34-3)15-13-23)18-19-32-17-16-25(26-8-4-6-10-28(26)32)27-9-5-7-11-29(27)32/h4-15,25,30H,16-22H2,1-3H3. The fraction of sp³-hybridized carbons (Fsp3) is 0.438. The van der Waals surface area contributed by atoms with Gasteiger partial charge < -0.3 is 19.1 Å². The molecule has 3 aromatic rings. The molecular formula is C32H37NO3. The van der Waals surface area contributed by atoms with E-state index in [1.807, 2.05) is 24.3 Å². The molecule has 3 aliphatic carbocycles. The van der Waals surface area contributed by atoms with Crippen molar-refractivity contribution < 1.29 is 14.2 Å². The van der Waals surface area contributed by atoms with Crippen LogP contribution in [0.3, 0.4) is 0 Å². The second-order valence-corrected chi connectivity index (χ2v) is 11.3. The molecule has 0 atom stereocenters. The van der Waals surface area contributed by atoms with Gasteiger partial charge in [-0.1, -0.05) is 60.7 Å². The topological polar surface area (TPSA) is 30.9 Å². The molecule has 188 valence electrons. The first-order valence-electron chi connectivity index (χ1n) is 13.2. The molecule has 0 radical (unpaired) electrons. The van der Waals surface area contributed by atoms with Crippen LogP contribution in [-0.2, 0) is 14.9 Å². The van der Waals surface area contributed by atoms with Crippen LogP contribution in [0.15, 0.2) is 72.8 Å². The van der Waals surface area contributed by atoms with E-state index in [2.05, 4.69) is 67.5 Å². The first-order valence-corrected chi connectivity index (χ1v) is 13.2. The number of ether oxygens (including phenoxy) is 3. The Morgan fingerprint density at radius 2 is 1.44 bits per heavy atom. The van der Waals surface area contributed by atoms with Gasteiger partial charge in [0.2, 0.25) is 0 Å². The number of hydrogen-bond donors (Lipinski definition) is 0. The molecule has 1 aliphatic heterocycles. The van der Waals surface area contributed by atoms with Gasteiger partial charge in [-0.15, -0.1) is 0 Å². The fourth-order valence-corrected chi connectivity index (χ4v) is 7.16. The lowest BCUT2D eigenvalue weighted by Gasteiger charge is -2.51. The summed E-state index contributed by atoms with van der Waals surface area (Å²) in [5.41, 5.74) is 7.26. The Bertz CT molecular complexity index is 1160. The molecule has 1 fully saturated rings. The molecule has 7 rings (SSSR count). The maximum atomic E-state index is 6.42. The van der Waals surface area contributed by atoms with Gasteiger partial charge >= 0.3 is 0 Å². The van der Waals surface area contributed by atoms with Gasteiger partial charge in [0.05, 0.1) is 20.3 Å². The van der Waals surface area contributed by atoms with Crippen molar-refractivity contribution in [1.29, 1.82) is 0 Å². The molecule has 0 N–H and O–H groups in total. The largest absolute Gasteiger partial charge is 0.497 e. The number of nitrogens with zero attached hydrogens (tertiary/aromatic N) is 1. The minimum atomic E-state index is -0.323. The Balaban J connectivity index is 1.27. The fourth-order valence-electron chi connectivity index (χ4n) is 7.16. The monoisotopic (exact) mass is 483 g/mol. The number of rotatable bonds is 7. The molecule has 36 heavy (non-hydrogen) atoms. The van der Waals surface area contributed by atoms with Crippen LogP contribution in [0.25, 0.3) is 0 Å². The second kappa shape index (κ2) is 9.33. The molecular weight excluding hydrogens is 446 g/mol. The minimum Gasteiger partial charge on any atom is -0.497 e. The van der Waals surface area contributed by atoms with E-state index in [1.54, 1.807) is 29.4 Å². The maximum absolute atomic E-state index is 6.42. The van der Waals surface area contributed by atoms with E-state index >= 15 is 0 Å². The summed E-state index contributed by atoms with van der Waals surface area (Å²) < 4.78 is 18.1. The molecule has 4 nitrogen and oxygen atoms in total. The van der Waals surface area contributed by atoms with Crippen LogP contribution in [0.2, 0.25) is 0 Å². The van der Waals surface area contributed by atoms with Crippen molar-refractivity contribution in [3.05, 3.63) is 101 Å². The van der Waals surface area contributed by atoms with Crippen molar-refractivity contribution in [2.45, 2.75) is 43.3 Å². The summed E-state index contributed by atoms with van der Waals surface area (Å²) in [7, 11) is 6.01. The van der Waals surface area contributed by atoms with E-state index in [9.17, 15) is 0 Å². The van der Waals surface area contributed by atoms with Gasteiger partial charge in [0.25, 0.3) is 0 Å². The highest BCUT2D eigenvalue weighted by Gasteiger charge is 2.49. The van der Waals surface area contributed by atoms with E-state index in [0.29, 0.717) is 19.1 Å². The van der Waals surface area contributed by atoms with Crippen LogP contribution < -0.4 is 4.74 Å². The van der Waals surface area contributed by atoms with E-state index in [4.69, 9.17) is 14.2 Å². The van der Waals surface area contributed by atoms with Crippen molar-refractivity contribution in [2.24, 2.45) is 5.41 Å². The van der Waals surface area contributed by atoms with Gasteiger partial charge in [0, 0.05) is 28.9 Å². The van der Waals surface area contributed by atoms with Crippen molar-refractivity contribution >= 4 is 0 Å². The summed E-state index contributed by atoms with van der Waals surface area (Å²) in [6.45, 7) is 2.35. The van der Waals surface area contributed by atoms with Crippen LogP contribution in [0.4, 0.5) is 0 Å². The van der Waals surface area contributed by atoms with Crippen LogP contribution in [0.5, 0.6) is 5.75 Å². The van der Waals surface area contributed by atoms with Crippen molar-refractivity contribution in [1.82, 2.24) is 4.90 Å². The normalized spacial score (nSPS) is 28.6. The highest BCUT2D eigenvalue weighted by molar-refractivity contribution is 5.59. The third-order valence-corrected chi connectivity index (χ3v) is 8.77.